The lowest BCUT2D eigenvalue weighted by atomic mass is 10.2. The minimum Gasteiger partial charge on any atom is -0.497 e. The zero-order valence-electron chi connectivity index (χ0n) is 13.3. The molecule has 0 atom stereocenters. The lowest BCUT2D eigenvalue weighted by Gasteiger charge is -2.10. The van der Waals surface area contributed by atoms with E-state index >= 15 is 0 Å². The van der Waals surface area contributed by atoms with Crippen LogP contribution in [0.25, 0.3) is 0 Å². The van der Waals surface area contributed by atoms with Crippen LogP contribution in [0.2, 0.25) is 0 Å². The molecule has 2 aromatic rings. The second-order valence-electron chi connectivity index (χ2n) is 4.90. The number of H-pyrrole nitrogens is 1. The van der Waals surface area contributed by atoms with Gasteiger partial charge in [0.2, 0.25) is 5.95 Å². The van der Waals surface area contributed by atoms with E-state index in [1.807, 2.05) is 24.3 Å². The molecule has 0 aliphatic carbocycles. The molecule has 0 aliphatic heterocycles. The smallest absolute Gasteiger partial charge is 0.255 e. The molecule has 23 heavy (non-hydrogen) atoms. The Hall–Kier alpha value is -2.54. The Morgan fingerprint density at radius 2 is 1.96 bits per heavy atom. The first-order chi connectivity index (χ1) is 11.1. The highest BCUT2D eigenvalue weighted by atomic mass is 16.5. The van der Waals surface area contributed by atoms with Gasteiger partial charge in [-0.25, -0.2) is 4.98 Å². The molecule has 1 aromatic carbocycles. The van der Waals surface area contributed by atoms with Crippen LogP contribution in [0, 0.1) is 6.92 Å². The topological polar surface area (TPSA) is 96.5 Å². The summed E-state index contributed by atoms with van der Waals surface area (Å²) in [7, 11) is 1.61. The first-order valence-electron chi connectivity index (χ1n) is 7.35. The number of benzene rings is 1. The Kier molecular flexibility index (Phi) is 5.99. The maximum atomic E-state index is 11.9. The molecule has 0 bridgehead atoms. The highest BCUT2D eigenvalue weighted by Gasteiger charge is 2.07. The van der Waals surface area contributed by atoms with Crippen molar-refractivity contribution >= 4 is 5.95 Å². The van der Waals surface area contributed by atoms with Gasteiger partial charge in [0.1, 0.15) is 18.1 Å². The van der Waals surface area contributed by atoms with Crippen LogP contribution in [0.5, 0.6) is 11.5 Å². The average molecular weight is 319 g/mol. The van der Waals surface area contributed by atoms with Crippen molar-refractivity contribution in [1.82, 2.24) is 9.97 Å². The minimum absolute atomic E-state index is 0.0753. The number of aliphatic hydroxyl groups excluding tert-OH is 1. The summed E-state index contributed by atoms with van der Waals surface area (Å²) in [5.41, 5.74) is 0.888. The molecule has 2 rings (SSSR count). The maximum absolute atomic E-state index is 11.9. The molecule has 0 radical (unpaired) electrons. The monoisotopic (exact) mass is 319 g/mol. The predicted molar refractivity (Wildman–Crippen MR) is 87.4 cm³/mol. The Morgan fingerprint density at radius 1 is 1.26 bits per heavy atom. The summed E-state index contributed by atoms with van der Waals surface area (Å²) in [5, 5.41) is 11.9. The molecule has 1 aromatic heterocycles. The summed E-state index contributed by atoms with van der Waals surface area (Å²) in [5.74, 6) is 1.91. The first-order valence-corrected chi connectivity index (χ1v) is 7.35. The van der Waals surface area contributed by atoms with Crippen molar-refractivity contribution < 1.29 is 14.6 Å². The highest BCUT2D eigenvalue weighted by Crippen LogP contribution is 2.16. The van der Waals surface area contributed by atoms with Crippen LogP contribution in [-0.4, -0.2) is 41.9 Å². The van der Waals surface area contributed by atoms with Gasteiger partial charge < -0.3 is 19.9 Å². The molecule has 0 saturated carbocycles. The van der Waals surface area contributed by atoms with Crippen molar-refractivity contribution in [2.45, 2.75) is 13.3 Å². The summed E-state index contributed by atoms with van der Waals surface area (Å²) < 4.78 is 10.7. The van der Waals surface area contributed by atoms with Gasteiger partial charge in [0, 0.05) is 18.6 Å². The van der Waals surface area contributed by atoms with E-state index in [4.69, 9.17) is 14.6 Å². The summed E-state index contributed by atoms with van der Waals surface area (Å²) in [4.78, 5) is 18.8. The molecule has 3 N–H and O–H groups in total. The Labute approximate surface area is 134 Å². The van der Waals surface area contributed by atoms with Gasteiger partial charge in [-0.2, -0.15) is 0 Å². The van der Waals surface area contributed by atoms with Gasteiger partial charge in [0.15, 0.2) is 0 Å². The van der Waals surface area contributed by atoms with Crippen molar-refractivity contribution in [3.8, 4) is 11.5 Å². The van der Waals surface area contributed by atoms with Crippen LogP contribution < -0.4 is 20.3 Å². The number of ether oxygens (including phenoxy) is 2. The number of nitrogens with one attached hydrogen (secondary N) is 2. The third-order valence-corrected chi connectivity index (χ3v) is 3.31. The van der Waals surface area contributed by atoms with Crippen molar-refractivity contribution in [3.05, 3.63) is 45.9 Å². The Morgan fingerprint density at radius 3 is 2.57 bits per heavy atom. The minimum atomic E-state index is -0.231. The van der Waals surface area contributed by atoms with Gasteiger partial charge in [-0.05, 0) is 31.2 Å². The number of nitrogens with zero attached hydrogens (tertiary/aromatic N) is 1. The van der Waals surface area contributed by atoms with Gasteiger partial charge in [-0.1, -0.05) is 0 Å². The summed E-state index contributed by atoms with van der Waals surface area (Å²) in [6.07, 6.45) is 0.301. The fourth-order valence-corrected chi connectivity index (χ4v) is 2.11. The van der Waals surface area contributed by atoms with E-state index in [0.717, 1.165) is 11.5 Å². The molecule has 0 spiro atoms. The number of aliphatic hydroxyl groups is 1. The normalized spacial score (nSPS) is 10.4. The highest BCUT2D eigenvalue weighted by molar-refractivity contribution is 5.31. The maximum Gasteiger partial charge on any atom is 0.255 e. The van der Waals surface area contributed by atoms with E-state index in [1.165, 1.54) is 0 Å². The van der Waals surface area contributed by atoms with E-state index in [0.29, 0.717) is 36.8 Å². The number of anilines is 1. The molecule has 0 unspecified atom stereocenters. The summed E-state index contributed by atoms with van der Waals surface area (Å²) in [6.45, 7) is 2.59. The second kappa shape index (κ2) is 8.19. The molecule has 0 aliphatic rings. The number of hydrogen-bond acceptors (Lipinski definition) is 6. The zero-order valence-corrected chi connectivity index (χ0v) is 13.3. The third kappa shape index (κ3) is 4.72. The standard InChI is InChI=1S/C16H21N3O4/c1-11-14(7-9-20)15(21)19-16(18-11)17-8-10-23-13-5-3-12(22-2)4-6-13/h3-6,20H,7-10H2,1-2H3,(H2,17,18,19,21). The van der Waals surface area contributed by atoms with Gasteiger partial charge in [0.25, 0.3) is 5.56 Å². The molecule has 0 fully saturated rings. The van der Waals surface area contributed by atoms with Crippen molar-refractivity contribution in [2.75, 3.05) is 32.2 Å². The predicted octanol–water partition coefficient (Wildman–Crippen LogP) is 1.11. The van der Waals surface area contributed by atoms with Crippen LogP contribution in [0.15, 0.2) is 29.1 Å². The lowest BCUT2D eigenvalue weighted by Crippen LogP contribution is -2.22. The van der Waals surface area contributed by atoms with Crippen molar-refractivity contribution in [2.24, 2.45) is 0 Å². The lowest BCUT2D eigenvalue weighted by molar-refractivity contribution is 0.298. The Balaban J connectivity index is 1.85. The molecular formula is C16H21N3O4. The second-order valence-corrected chi connectivity index (χ2v) is 4.90. The van der Waals surface area contributed by atoms with Crippen LogP contribution in [0.4, 0.5) is 5.95 Å². The molecule has 7 nitrogen and oxygen atoms in total. The number of hydrogen-bond donors (Lipinski definition) is 3. The quantitative estimate of drug-likeness (QED) is 0.631. The van der Waals surface area contributed by atoms with Gasteiger partial charge in [-0.3, -0.25) is 9.78 Å². The number of aromatic amines is 1. The van der Waals surface area contributed by atoms with Crippen LogP contribution in [-0.2, 0) is 6.42 Å². The number of aryl methyl sites for hydroxylation is 1. The molecule has 7 heteroatoms. The van der Waals surface area contributed by atoms with Crippen molar-refractivity contribution in [3.63, 3.8) is 0 Å². The van der Waals surface area contributed by atoms with E-state index in [-0.39, 0.29) is 12.2 Å². The number of aromatic nitrogens is 2. The zero-order chi connectivity index (χ0) is 16.7. The molecule has 1 heterocycles. The third-order valence-electron chi connectivity index (χ3n) is 3.31. The van der Waals surface area contributed by atoms with Crippen LogP contribution in [0.1, 0.15) is 11.3 Å². The summed E-state index contributed by atoms with van der Waals surface area (Å²) >= 11 is 0. The van der Waals surface area contributed by atoms with E-state index in [1.54, 1.807) is 14.0 Å². The summed E-state index contributed by atoms with van der Waals surface area (Å²) in [6, 6.07) is 7.30. The van der Waals surface area contributed by atoms with Crippen molar-refractivity contribution in [1.29, 1.82) is 0 Å². The van der Waals surface area contributed by atoms with E-state index in [2.05, 4.69) is 15.3 Å². The molecular weight excluding hydrogens is 298 g/mol. The Bertz CT molecular complexity index is 683. The SMILES string of the molecule is COc1ccc(OCCNc2nc(C)c(CCO)c(=O)[nH]2)cc1. The van der Waals surface area contributed by atoms with Gasteiger partial charge in [-0.15, -0.1) is 0 Å². The van der Waals surface area contributed by atoms with Crippen LogP contribution >= 0.6 is 0 Å². The molecule has 0 amide bonds. The fraction of sp³-hybridized carbons (Fsp3) is 0.375. The largest absolute Gasteiger partial charge is 0.497 e. The fourth-order valence-electron chi connectivity index (χ4n) is 2.11. The molecule has 0 saturated heterocycles. The molecule has 124 valence electrons. The number of rotatable bonds is 8. The van der Waals surface area contributed by atoms with E-state index < -0.39 is 0 Å². The van der Waals surface area contributed by atoms with Gasteiger partial charge in [0.05, 0.1) is 19.3 Å². The first kappa shape index (κ1) is 16.8. The average Bonchev–Trinajstić information content (AvgIpc) is 2.55. The van der Waals surface area contributed by atoms with Gasteiger partial charge >= 0.3 is 0 Å². The van der Waals surface area contributed by atoms with Crippen LogP contribution in [0.3, 0.4) is 0 Å². The number of methoxy groups -OCH3 is 1. The van der Waals surface area contributed by atoms with E-state index in [9.17, 15) is 4.79 Å².